The molecule has 0 radical (unpaired) electrons. The monoisotopic (exact) mass is 266 g/mol. The van der Waals surface area contributed by atoms with Crippen LogP contribution < -0.4 is 16.9 Å². The van der Waals surface area contributed by atoms with Crippen molar-refractivity contribution in [1.82, 2.24) is 18.7 Å². The minimum atomic E-state index is -0.407. The van der Waals surface area contributed by atoms with Gasteiger partial charge in [-0.15, -0.1) is 0 Å². The summed E-state index contributed by atoms with van der Waals surface area (Å²) in [5.41, 5.74) is -0.684. The Balaban J connectivity index is 2.72. The van der Waals surface area contributed by atoms with Gasteiger partial charge in [-0.05, 0) is 6.42 Å². The number of hydrogen-bond acceptors (Lipinski definition) is 3. The molecule has 2 heterocycles. The van der Waals surface area contributed by atoms with Crippen molar-refractivity contribution in [2.24, 2.45) is 14.1 Å². The Morgan fingerprint density at radius 1 is 1.05 bits per heavy atom. The van der Waals surface area contributed by atoms with Gasteiger partial charge in [-0.1, -0.05) is 19.8 Å². The number of hydrogen-bond donors (Lipinski definition) is 1. The van der Waals surface area contributed by atoms with Crippen molar-refractivity contribution in [2.45, 2.75) is 32.7 Å². The van der Waals surface area contributed by atoms with E-state index in [0.717, 1.165) is 19.3 Å². The number of rotatable bonds is 4. The van der Waals surface area contributed by atoms with E-state index in [1.807, 2.05) is 0 Å². The number of aromatic nitrogens is 4. The van der Waals surface area contributed by atoms with Gasteiger partial charge in [0.25, 0.3) is 5.56 Å². The number of nitrogens with one attached hydrogen (secondary N) is 1. The van der Waals surface area contributed by atoms with Crippen LogP contribution in [0.2, 0.25) is 0 Å². The second-order valence-corrected chi connectivity index (χ2v) is 4.69. The van der Waals surface area contributed by atoms with E-state index >= 15 is 0 Å². The summed E-state index contributed by atoms with van der Waals surface area (Å²) in [5, 5.41) is 0. The predicted octanol–water partition coefficient (Wildman–Crippen LogP) is -0.0828. The zero-order valence-electron chi connectivity index (χ0n) is 11.4. The summed E-state index contributed by atoms with van der Waals surface area (Å²) in [5.74, 6) is 0. The fourth-order valence-corrected chi connectivity index (χ4v) is 2.20. The molecular formula is C12H18N4O3. The van der Waals surface area contributed by atoms with Crippen LogP contribution >= 0.6 is 0 Å². The average molecular weight is 266 g/mol. The van der Waals surface area contributed by atoms with Gasteiger partial charge in [0.15, 0.2) is 5.52 Å². The minimum Gasteiger partial charge on any atom is -0.291 e. The molecule has 0 spiro atoms. The molecule has 0 saturated heterocycles. The first-order valence-electron chi connectivity index (χ1n) is 6.37. The Labute approximate surface area is 109 Å². The summed E-state index contributed by atoms with van der Waals surface area (Å²) in [6.45, 7) is 2.44. The summed E-state index contributed by atoms with van der Waals surface area (Å²) in [6.07, 6.45) is 2.75. The Hall–Kier alpha value is -2.05. The van der Waals surface area contributed by atoms with Crippen LogP contribution in [0.15, 0.2) is 14.4 Å². The summed E-state index contributed by atoms with van der Waals surface area (Å²) >= 11 is 0. The molecule has 0 fully saturated rings. The molecule has 0 amide bonds. The number of unbranched alkanes of at least 4 members (excludes halogenated alkanes) is 2. The highest BCUT2D eigenvalue weighted by Crippen LogP contribution is 2.01. The molecule has 2 rings (SSSR count). The van der Waals surface area contributed by atoms with Crippen LogP contribution in [0.4, 0.5) is 0 Å². The van der Waals surface area contributed by atoms with E-state index in [0.29, 0.717) is 6.54 Å². The smallest absolute Gasteiger partial charge is 0.291 e. The molecule has 2 aromatic heterocycles. The van der Waals surface area contributed by atoms with E-state index in [4.69, 9.17) is 0 Å². The second kappa shape index (κ2) is 4.91. The second-order valence-electron chi connectivity index (χ2n) is 4.69. The molecule has 1 N–H and O–H groups in total. The molecule has 2 aromatic rings. The summed E-state index contributed by atoms with van der Waals surface area (Å²) in [4.78, 5) is 38.5. The molecule has 0 atom stereocenters. The first kappa shape index (κ1) is 13.4. The first-order chi connectivity index (χ1) is 8.99. The summed E-state index contributed by atoms with van der Waals surface area (Å²) in [6, 6.07) is 0. The normalized spacial score (nSPS) is 11.3. The molecular weight excluding hydrogens is 248 g/mol. The molecule has 19 heavy (non-hydrogen) atoms. The largest absolute Gasteiger partial charge is 0.332 e. The standard InChI is InChI=1S/C12H18N4O3/c1-4-5-6-7-16-10(17)8-9(15(3)12(16)19)13-11(18)14(8)2/h4-7H2,1-3H3,(H,13,18). The lowest BCUT2D eigenvalue weighted by molar-refractivity contribution is 0.549. The van der Waals surface area contributed by atoms with Gasteiger partial charge in [0, 0.05) is 20.6 Å². The SMILES string of the molecule is CCCCCn1c(=O)c2c([nH]c(=O)n2C)n(C)c1=O. The van der Waals surface area contributed by atoms with E-state index in [9.17, 15) is 14.4 Å². The molecule has 0 unspecified atom stereocenters. The Morgan fingerprint density at radius 2 is 1.74 bits per heavy atom. The van der Waals surface area contributed by atoms with E-state index < -0.39 is 16.9 Å². The first-order valence-corrected chi connectivity index (χ1v) is 6.37. The van der Waals surface area contributed by atoms with E-state index in [1.54, 1.807) is 7.05 Å². The average Bonchev–Trinajstić information content (AvgIpc) is 2.68. The number of imidazole rings is 1. The third-order valence-corrected chi connectivity index (χ3v) is 3.38. The fraction of sp³-hybridized carbons (Fsp3) is 0.583. The zero-order chi connectivity index (χ0) is 14.2. The molecule has 0 saturated carbocycles. The van der Waals surface area contributed by atoms with Crippen molar-refractivity contribution in [3.8, 4) is 0 Å². The van der Waals surface area contributed by atoms with Gasteiger partial charge in [-0.3, -0.25) is 23.5 Å². The van der Waals surface area contributed by atoms with Gasteiger partial charge < -0.3 is 0 Å². The van der Waals surface area contributed by atoms with Crippen molar-refractivity contribution < 1.29 is 0 Å². The summed E-state index contributed by atoms with van der Waals surface area (Å²) < 4.78 is 3.75. The van der Waals surface area contributed by atoms with Crippen LogP contribution in [0.5, 0.6) is 0 Å². The molecule has 104 valence electrons. The van der Waals surface area contributed by atoms with Crippen LogP contribution in [0.25, 0.3) is 11.2 Å². The third-order valence-electron chi connectivity index (χ3n) is 3.38. The lowest BCUT2D eigenvalue weighted by Gasteiger charge is -2.08. The van der Waals surface area contributed by atoms with Gasteiger partial charge in [0.1, 0.15) is 5.65 Å². The van der Waals surface area contributed by atoms with Gasteiger partial charge in [-0.2, -0.15) is 0 Å². The highest BCUT2D eigenvalue weighted by Gasteiger charge is 2.15. The number of nitrogens with zero attached hydrogens (tertiary/aromatic N) is 3. The molecule has 0 aliphatic heterocycles. The molecule has 0 aliphatic carbocycles. The topological polar surface area (TPSA) is 81.8 Å². The van der Waals surface area contributed by atoms with Crippen molar-refractivity contribution in [1.29, 1.82) is 0 Å². The van der Waals surface area contributed by atoms with Gasteiger partial charge in [0.05, 0.1) is 0 Å². The quantitative estimate of drug-likeness (QED) is 0.786. The maximum absolute atomic E-state index is 12.3. The minimum absolute atomic E-state index is 0.239. The lowest BCUT2D eigenvalue weighted by Crippen LogP contribution is -2.39. The lowest BCUT2D eigenvalue weighted by atomic mass is 10.2. The van der Waals surface area contributed by atoms with Crippen molar-refractivity contribution in [3.63, 3.8) is 0 Å². The maximum Gasteiger partial charge on any atom is 0.332 e. The van der Waals surface area contributed by atoms with Gasteiger partial charge >= 0.3 is 11.4 Å². The zero-order valence-corrected chi connectivity index (χ0v) is 11.4. The van der Waals surface area contributed by atoms with Crippen LogP contribution in [0.3, 0.4) is 0 Å². The highest BCUT2D eigenvalue weighted by atomic mass is 16.2. The van der Waals surface area contributed by atoms with Crippen LogP contribution in [0, 0.1) is 0 Å². The van der Waals surface area contributed by atoms with Crippen LogP contribution in [-0.4, -0.2) is 18.7 Å². The molecule has 7 heteroatoms. The van der Waals surface area contributed by atoms with Crippen molar-refractivity contribution in [2.75, 3.05) is 0 Å². The molecule has 0 aliphatic rings. The van der Waals surface area contributed by atoms with Crippen molar-refractivity contribution >= 4 is 11.2 Å². The number of aromatic amines is 1. The number of aryl methyl sites for hydroxylation is 2. The van der Waals surface area contributed by atoms with Crippen molar-refractivity contribution in [3.05, 3.63) is 31.3 Å². The van der Waals surface area contributed by atoms with E-state index in [-0.39, 0.29) is 11.2 Å². The Bertz CT molecular complexity index is 775. The Morgan fingerprint density at radius 3 is 2.37 bits per heavy atom. The predicted molar refractivity (Wildman–Crippen MR) is 72.6 cm³/mol. The fourth-order valence-electron chi connectivity index (χ4n) is 2.20. The van der Waals surface area contributed by atoms with Gasteiger partial charge in [-0.25, -0.2) is 9.59 Å². The molecule has 0 aromatic carbocycles. The Kier molecular flexibility index (Phi) is 3.46. The number of fused-ring (bicyclic) bond motifs is 1. The third kappa shape index (κ3) is 2.05. The van der Waals surface area contributed by atoms with Crippen LogP contribution in [-0.2, 0) is 20.6 Å². The van der Waals surface area contributed by atoms with Gasteiger partial charge in [0.2, 0.25) is 0 Å². The summed E-state index contributed by atoms with van der Waals surface area (Å²) in [7, 11) is 3.07. The highest BCUT2D eigenvalue weighted by molar-refractivity contribution is 5.69. The maximum atomic E-state index is 12.3. The number of H-pyrrole nitrogens is 1. The van der Waals surface area contributed by atoms with Crippen LogP contribution in [0.1, 0.15) is 26.2 Å². The molecule has 7 nitrogen and oxygen atoms in total. The molecule has 0 bridgehead atoms. The van der Waals surface area contributed by atoms with E-state index in [1.165, 1.54) is 20.7 Å². The van der Waals surface area contributed by atoms with E-state index in [2.05, 4.69) is 11.9 Å².